The lowest BCUT2D eigenvalue weighted by Gasteiger charge is -2.19. The van der Waals surface area contributed by atoms with Crippen LogP contribution in [-0.2, 0) is 6.18 Å². The molecule has 0 saturated carbocycles. The Morgan fingerprint density at radius 3 is 2.50 bits per heavy atom. The Labute approximate surface area is 122 Å². The molecule has 106 valence electrons. The monoisotopic (exact) mass is 345 g/mol. The summed E-state index contributed by atoms with van der Waals surface area (Å²) in [6.07, 6.45) is -3.00. The number of rotatable bonds is 2. The van der Waals surface area contributed by atoms with E-state index in [2.05, 4.69) is 20.9 Å². The molecule has 0 amide bonds. The molecular weight excluding hydrogens is 335 g/mol. The molecule has 6 heteroatoms. The second-order valence-corrected chi connectivity index (χ2v) is 5.28. The van der Waals surface area contributed by atoms with E-state index in [0.29, 0.717) is 15.6 Å². The van der Waals surface area contributed by atoms with Crippen LogP contribution in [0.3, 0.4) is 0 Å². The van der Waals surface area contributed by atoms with Gasteiger partial charge in [0.2, 0.25) is 0 Å². The van der Waals surface area contributed by atoms with Gasteiger partial charge in [0.05, 0.1) is 5.56 Å². The van der Waals surface area contributed by atoms with Crippen molar-refractivity contribution < 1.29 is 18.3 Å². The second kappa shape index (κ2) is 5.54. The van der Waals surface area contributed by atoms with Gasteiger partial charge in [0.15, 0.2) is 0 Å². The van der Waals surface area contributed by atoms with Gasteiger partial charge in [-0.1, -0.05) is 22.0 Å². The van der Waals surface area contributed by atoms with Crippen LogP contribution in [0.2, 0.25) is 0 Å². The zero-order valence-corrected chi connectivity index (χ0v) is 12.0. The molecule has 1 aromatic heterocycles. The summed E-state index contributed by atoms with van der Waals surface area (Å²) in [6, 6.07) is 5.35. The molecule has 0 fully saturated rings. The van der Waals surface area contributed by atoms with Gasteiger partial charge in [-0.15, -0.1) is 0 Å². The van der Waals surface area contributed by atoms with Crippen LogP contribution in [0.25, 0.3) is 0 Å². The molecule has 1 N–H and O–H groups in total. The molecular formula is C14H11BrF3NO. The summed E-state index contributed by atoms with van der Waals surface area (Å²) in [6.45, 7) is 1.71. The summed E-state index contributed by atoms with van der Waals surface area (Å²) in [5, 5.41) is 10.3. The number of aromatic nitrogens is 1. The third kappa shape index (κ3) is 3.02. The average molecular weight is 346 g/mol. The van der Waals surface area contributed by atoms with Crippen molar-refractivity contribution in [2.75, 3.05) is 0 Å². The number of hydrogen-bond acceptors (Lipinski definition) is 2. The smallest absolute Gasteiger partial charge is 0.384 e. The minimum absolute atomic E-state index is 0.184. The Bertz CT molecular complexity index is 628. The zero-order chi connectivity index (χ0) is 14.9. The van der Waals surface area contributed by atoms with Gasteiger partial charge >= 0.3 is 6.18 Å². The normalized spacial score (nSPS) is 13.3. The number of halogens is 4. The molecule has 1 atom stereocenters. The van der Waals surface area contributed by atoms with Crippen LogP contribution in [0.1, 0.15) is 28.4 Å². The van der Waals surface area contributed by atoms with Crippen LogP contribution < -0.4 is 0 Å². The van der Waals surface area contributed by atoms with E-state index in [-0.39, 0.29) is 5.56 Å². The predicted octanol–water partition coefficient (Wildman–Crippen LogP) is 4.25. The summed E-state index contributed by atoms with van der Waals surface area (Å²) in [7, 11) is 0. The van der Waals surface area contributed by atoms with Crippen molar-refractivity contribution in [1.29, 1.82) is 0 Å². The highest BCUT2D eigenvalue weighted by atomic mass is 79.9. The van der Waals surface area contributed by atoms with Crippen molar-refractivity contribution >= 4 is 15.9 Å². The number of alkyl halides is 3. The average Bonchev–Trinajstić information content (AvgIpc) is 2.37. The molecule has 1 aromatic carbocycles. The number of benzene rings is 1. The van der Waals surface area contributed by atoms with Gasteiger partial charge in [-0.2, -0.15) is 13.2 Å². The molecule has 20 heavy (non-hydrogen) atoms. The number of hydrogen-bond donors (Lipinski definition) is 1. The topological polar surface area (TPSA) is 33.1 Å². The molecule has 0 radical (unpaired) electrons. The maximum atomic E-state index is 13.1. The Balaban J connectivity index is 2.56. The Hall–Kier alpha value is -1.40. The standard InChI is InChI=1S/C14H11BrF3NO/c1-8-4-5-19-7-11(8)13(20)10-3-2-9(15)6-12(10)14(16,17)18/h2-7,13,20H,1H3. The van der Waals surface area contributed by atoms with Gasteiger partial charge in [0, 0.05) is 22.4 Å². The van der Waals surface area contributed by atoms with Crippen molar-refractivity contribution in [1.82, 2.24) is 4.98 Å². The van der Waals surface area contributed by atoms with E-state index < -0.39 is 17.8 Å². The molecule has 2 nitrogen and oxygen atoms in total. The van der Waals surface area contributed by atoms with E-state index in [1.54, 1.807) is 13.0 Å². The fraction of sp³-hybridized carbons (Fsp3) is 0.214. The third-order valence-electron chi connectivity index (χ3n) is 2.99. The first-order valence-electron chi connectivity index (χ1n) is 5.76. The van der Waals surface area contributed by atoms with Gasteiger partial charge in [0.25, 0.3) is 0 Å². The lowest BCUT2D eigenvalue weighted by Crippen LogP contribution is -2.13. The second-order valence-electron chi connectivity index (χ2n) is 4.36. The first-order valence-corrected chi connectivity index (χ1v) is 6.55. The molecule has 0 bridgehead atoms. The van der Waals surface area contributed by atoms with Gasteiger partial charge in [0.1, 0.15) is 6.10 Å². The van der Waals surface area contributed by atoms with Crippen molar-refractivity contribution in [3.05, 3.63) is 63.4 Å². The Morgan fingerprint density at radius 2 is 1.90 bits per heavy atom. The quantitative estimate of drug-likeness (QED) is 0.882. The fourth-order valence-corrected chi connectivity index (χ4v) is 2.30. The Kier molecular flexibility index (Phi) is 4.15. The maximum Gasteiger partial charge on any atom is 0.416 e. The van der Waals surface area contributed by atoms with Crippen molar-refractivity contribution in [3.63, 3.8) is 0 Å². The minimum atomic E-state index is -4.53. The lowest BCUT2D eigenvalue weighted by molar-refractivity contribution is -0.139. The first kappa shape index (κ1) is 15.0. The van der Waals surface area contributed by atoms with Crippen LogP contribution in [-0.4, -0.2) is 10.1 Å². The van der Waals surface area contributed by atoms with Crippen LogP contribution in [0.5, 0.6) is 0 Å². The first-order chi connectivity index (χ1) is 9.30. The third-order valence-corrected chi connectivity index (χ3v) is 3.48. The highest BCUT2D eigenvalue weighted by Crippen LogP contribution is 2.38. The SMILES string of the molecule is Cc1ccncc1C(O)c1ccc(Br)cc1C(F)(F)F. The van der Waals surface area contributed by atoms with Crippen molar-refractivity contribution in [3.8, 4) is 0 Å². The molecule has 0 aliphatic rings. The largest absolute Gasteiger partial charge is 0.416 e. The van der Waals surface area contributed by atoms with Crippen molar-refractivity contribution in [2.24, 2.45) is 0 Å². The van der Waals surface area contributed by atoms with Gasteiger partial charge in [-0.05, 0) is 36.2 Å². The number of aryl methyl sites for hydroxylation is 1. The highest BCUT2D eigenvalue weighted by molar-refractivity contribution is 9.10. The van der Waals surface area contributed by atoms with Crippen LogP contribution in [0, 0.1) is 6.92 Å². The molecule has 2 rings (SSSR count). The summed E-state index contributed by atoms with van der Waals surface area (Å²) in [5.41, 5.74) is 0.00305. The van der Waals surface area contributed by atoms with Gasteiger partial charge in [-0.25, -0.2) is 0 Å². The predicted molar refractivity (Wildman–Crippen MR) is 72.2 cm³/mol. The highest BCUT2D eigenvalue weighted by Gasteiger charge is 2.35. The summed E-state index contributed by atoms with van der Waals surface area (Å²) in [4.78, 5) is 3.85. The summed E-state index contributed by atoms with van der Waals surface area (Å²) < 4.78 is 39.5. The molecule has 0 spiro atoms. The zero-order valence-electron chi connectivity index (χ0n) is 10.4. The van der Waals surface area contributed by atoms with Crippen molar-refractivity contribution in [2.45, 2.75) is 19.2 Å². The molecule has 1 heterocycles. The van der Waals surface area contributed by atoms with Gasteiger partial charge < -0.3 is 5.11 Å². The number of nitrogens with zero attached hydrogens (tertiary/aromatic N) is 1. The lowest BCUT2D eigenvalue weighted by atomic mass is 9.95. The fourth-order valence-electron chi connectivity index (χ4n) is 1.94. The van der Waals surface area contributed by atoms with E-state index in [4.69, 9.17) is 0 Å². The van der Waals surface area contributed by atoms with Crippen LogP contribution >= 0.6 is 15.9 Å². The summed E-state index contributed by atoms with van der Waals surface area (Å²) >= 11 is 3.01. The Morgan fingerprint density at radius 1 is 1.20 bits per heavy atom. The van der Waals surface area contributed by atoms with E-state index in [1.807, 2.05) is 0 Å². The van der Waals surface area contributed by atoms with E-state index in [0.717, 1.165) is 6.07 Å². The molecule has 0 aliphatic carbocycles. The number of pyridine rings is 1. The maximum absolute atomic E-state index is 13.1. The van der Waals surface area contributed by atoms with E-state index >= 15 is 0 Å². The van der Waals surface area contributed by atoms with E-state index in [1.165, 1.54) is 24.5 Å². The van der Waals surface area contributed by atoms with Crippen LogP contribution in [0.4, 0.5) is 13.2 Å². The molecule has 0 aliphatic heterocycles. The molecule has 2 aromatic rings. The molecule has 0 saturated heterocycles. The van der Waals surface area contributed by atoms with E-state index in [9.17, 15) is 18.3 Å². The molecule has 1 unspecified atom stereocenters. The van der Waals surface area contributed by atoms with Gasteiger partial charge in [-0.3, -0.25) is 4.98 Å². The number of aliphatic hydroxyl groups excluding tert-OH is 1. The van der Waals surface area contributed by atoms with Crippen LogP contribution in [0.15, 0.2) is 41.1 Å². The minimum Gasteiger partial charge on any atom is -0.384 e. The number of aliphatic hydroxyl groups is 1. The summed E-state index contributed by atoms with van der Waals surface area (Å²) in [5.74, 6) is 0.